The van der Waals surface area contributed by atoms with Gasteiger partial charge in [-0.2, -0.15) is 0 Å². The van der Waals surface area contributed by atoms with E-state index in [0.717, 1.165) is 19.3 Å². The normalized spacial score (nSPS) is 29.8. The Hall–Kier alpha value is -2.19. The van der Waals surface area contributed by atoms with Crippen molar-refractivity contribution in [2.75, 3.05) is 32.8 Å². The zero-order chi connectivity index (χ0) is 24.0. The van der Waals surface area contributed by atoms with Gasteiger partial charge in [0.2, 0.25) is 11.8 Å². The minimum atomic E-state index is -1.03. The Kier molecular flexibility index (Phi) is 8.70. The van der Waals surface area contributed by atoms with Crippen molar-refractivity contribution < 1.29 is 29.0 Å². The van der Waals surface area contributed by atoms with E-state index in [-0.39, 0.29) is 31.6 Å². The third-order valence-corrected chi connectivity index (χ3v) is 7.12. The van der Waals surface area contributed by atoms with Gasteiger partial charge in [0, 0.05) is 26.2 Å². The molecule has 3 saturated heterocycles. The van der Waals surface area contributed by atoms with Gasteiger partial charge in [-0.15, -0.1) is 13.2 Å². The third-order valence-electron chi connectivity index (χ3n) is 7.12. The lowest BCUT2D eigenvalue weighted by Gasteiger charge is -2.36. The van der Waals surface area contributed by atoms with Crippen molar-refractivity contribution in [3.05, 3.63) is 25.3 Å². The zero-order valence-corrected chi connectivity index (χ0v) is 19.7. The van der Waals surface area contributed by atoms with E-state index in [1.165, 1.54) is 0 Å². The summed E-state index contributed by atoms with van der Waals surface area (Å²) in [4.78, 5) is 43.7. The molecule has 3 rings (SSSR count). The first-order chi connectivity index (χ1) is 16.0. The molecule has 33 heavy (non-hydrogen) atoms. The predicted octanol–water partition coefficient (Wildman–Crippen LogP) is 2.07. The van der Waals surface area contributed by atoms with Crippen molar-refractivity contribution in [3.63, 3.8) is 0 Å². The van der Waals surface area contributed by atoms with Gasteiger partial charge in [0.05, 0.1) is 24.5 Å². The molecule has 0 aliphatic carbocycles. The third kappa shape index (κ3) is 4.73. The first kappa shape index (κ1) is 25.4. The molecule has 0 radical (unpaired) electrons. The van der Waals surface area contributed by atoms with Crippen LogP contribution in [0.15, 0.2) is 25.3 Å². The van der Waals surface area contributed by atoms with Crippen LogP contribution in [0.1, 0.15) is 51.9 Å². The lowest BCUT2D eigenvalue weighted by molar-refractivity contribution is -0.155. The van der Waals surface area contributed by atoms with Crippen molar-refractivity contribution in [2.45, 2.75) is 69.6 Å². The molecule has 3 heterocycles. The Morgan fingerprint density at radius 1 is 1.30 bits per heavy atom. The number of ether oxygens (including phenoxy) is 2. The van der Waals surface area contributed by atoms with Crippen LogP contribution in [-0.4, -0.2) is 83.3 Å². The molecular formula is C25H38N2O6. The van der Waals surface area contributed by atoms with Gasteiger partial charge in [-0.1, -0.05) is 31.9 Å². The SMILES string of the molecule is C=CCCOC(=O)[C@@H]1[C@@H]2CCC3(O2)C(C(=O)N(CC=C)CCCCC)N(CCCO)C(=O)[C@H]13. The van der Waals surface area contributed by atoms with Crippen molar-refractivity contribution >= 4 is 17.8 Å². The number of rotatable bonds is 14. The summed E-state index contributed by atoms with van der Waals surface area (Å²) >= 11 is 0. The molecule has 2 bridgehead atoms. The fourth-order valence-electron chi connectivity index (χ4n) is 5.69. The van der Waals surface area contributed by atoms with E-state index < -0.39 is 35.6 Å². The van der Waals surface area contributed by atoms with Crippen LogP contribution in [0.5, 0.6) is 0 Å². The van der Waals surface area contributed by atoms with Crippen LogP contribution in [0, 0.1) is 11.8 Å². The number of fused-ring (bicyclic) bond motifs is 1. The largest absolute Gasteiger partial charge is 0.465 e. The molecule has 5 atom stereocenters. The lowest BCUT2D eigenvalue weighted by Crippen LogP contribution is -2.56. The minimum Gasteiger partial charge on any atom is -0.465 e. The molecule has 1 N–H and O–H groups in total. The maximum Gasteiger partial charge on any atom is 0.312 e. The van der Waals surface area contributed by atoms with Gasteiger partial charge >= 0.3 is 5.97 Å². The van der Waals surface area contributed by atoms with Crippen LogP contribution in [0.25, 0.3) is 0 Å². The highest BCUT2D eigenvalue weighted by atomic mass is 16.6. The number of carbonyl (C=O) groups excluding carboxylic acids is 3. The van der Waals surface area contributed by atoms with Gasteiger partial charge in [-0.05, 0) is 32.1 Å². The summed E-state index contributed by atoms with van der Waals surface area (Å²) in [6.45, 7) is 10.9. The van der Waals surface area contributed by atoms with Crippen molar-refractivity contribution in [1.82, 2.24) is 9.80 Å². The van der Waals surface area contributed by atoms with E-state index >= 15 is 0 Å². The monoisotopic (exact) mass is 462 g/mol. The summed E-state index contributed by atoms with van der Waals surface area (Å²) in [5, 5.41) is 9.41. The highest BCUT2D eigenvalue weighted by molar-refractivity contribution is 5.98. The van der Waals surface area contributed by atoms with Crippen molar-refractivity contribution in [1.29, 1.82) is 0 Å². The Balaban J connectivity index is 1.91. The minimum absolute atomic E-state index is 0.0915. The van der Waals surface area contributed by atoms with Crippen LogP contribution < -0.4 is 0 Å². The summed E-state index contributed by atoms with van der Waals surface area (Å²) in [7, 11) is 0. The second kappa shape index (κ2) is 11.3. The number of amides is 2. The molecule has 2 unspecified atom stereocenters. The molecular weight excluding hydrogens is 424 g/mol. The molecule has 184 valence electrons. The smallest absolute Gasteiger partial charge is 0.312 e. The quantitative estimate of drug-likeness (QED) is 0.241. The standard InChI is InChI=1S/C25H38N2O6/c1-4-7-9-14-26(13-6-3)23(30)21-25-12-11-18(33-25)19(24(31)32-17-8-5-2)20(25)22(29)27(21)15-10-16-28/h5-6,18-21,28H,2-4,7-17H2,1H3/t18-,19+,20-,21?,25?/m0/s1. The molecule has 0 aromatic heterocycles. The molecule has 0 saturated carbocycles. The topological polar surface area (TPSA) is 96.4 Å². The van der Waals surface area contributed by atoms with Crippen LogP contribution >= 0.6 is 0 Å². The summed E-state index contributed by atoms with van der Waals surface area (Å²) in [5.74, 6) is -2.30. The summed E-state index contributed by atoms with van der Waals surface area (Å²) in [5.41, 5.74) is -1.03. The number of aliphatic hydroxyl groups excluding tert-OH is 1. The zero-order valence-electron chi connectivity index (χ0n) is 19.7. The highest BCUT2D eigenvalue weighted by Crippen LogP contribution is 2.58. The first-order valence-corrected chi connectivity index (χ1v) is 12.2. The van der Waals surface area contributed by atoms with Crippen LogP contribution in [-0.2, 0) is 23.9 Å². The van der Waals surface area contributed by atoms with Gasteiger partial charge in [-0.3, -0.25) is 14.4 Å². The van der Waals surface area contributed by atoms with Crippen molar-refractivity contribution in [3.8, 4) is 0 Å². The molecule has 3 aliphatic heterocycles. The molecule has 0 aromatic rings. The fourth-order valence-corrected chi connectivity index (χ4v) is 5.69. The summed E-state index contributed by atoms with van der Waals surface area (Å²) in [6, 6.07) is -0.806. The Labute approximate surface area is 196 Å². The van der Waals surface area contributed by atoms with E-state index in [9.17, 15) is 19.5 Å². The molecule has 0 aromatic carbocycles. The van der Waals surface area contributed by atoms with Crippen LogP contribution in [0.4, 0.5) is 0 Å². The fraction of sp³-hybridized carbons (Fsp3) is 0.720. The Bertz CT molecular complexity index is 755. The van der Waals surface area contributed by atoms with Gasteiger partial charge in [-0.25, -0.2) is 0 Å². The summed E-state index contributed by atoms with van der Waals surface area (Å²) in [6.07, 6.45) is 7.90. The molecule has 3 aliphatic rings. The van der Waals surface area contributed by atoms with E-state index in [0.29, 0.717) is 38.8 Å². The molecule has 8 nitrogen and oxygen atoms in total. The number of esters is 1. The number of unbranched alkanes of at least 4 members (excludes halogenated alkanes) is 2. The number of hydrogen-bond acceptors (Lipinski definition) is 6. The van der Waals surface area contributed by atoms with E-state index in [1.807, 2.05) is 0 Å². The number of hydrogen-bond donors (Lipinski definition) is 1. The average molecular weight is 463 g/mol. The summed E-state index contributed by atoms with van der Waals surface area (Å²) < 4.78 is 11.8. The van der Waals surface area contributed by atoms with E-state index in [4.69, 9.17) is 9.47 Å². The van der Waals surface area contributed by atoms with Gasteiger partial charge in [0.15, 0.2) is 0 Å². The van der Waals surface area contributed by atoms with E-state index in [1.54, 1.807) is 22.0 Å². The first-order valence-electron chi connectivity index (χ1n) is 12.2. The average Bonchev–Trinajstić information content (AvgIpc) is 3.44. The maximum atomic E-state index is 13.9. The molecule has 1 spiro atoms. The maximum absolute atomic E-state index is 13.9. The molecule has 3 fully saturated rings. The second-order valence-corrected chi connectivity index (χ2v) is 9.19. The Morgan fingerprint density at radius 3 is 2.76 bits per heavy atom. The van der Waals surface area contributed by atoms with Crippen LogP contribution in [0.3, 0.4) is 0 Å². The van der Waals surface area contributed by atoms with Crippen LogP contribution in [0.2, 0.25) is 0 Å². The van der Waals surface area contributed by atoms with Crippen molar-refractivity contribution in [2.24, 2.45) is 11.8 Å². The Morgan fingerprint density at radius 2 is 2.09 bits per heavy atom. The molecule has 8 heteroatoms. The van der Waals surface area contributed by atoms with Gasteiger partial charge < -0.3 is 24.4 Å². The van der Waals surface area contributed by atoms with E-state index in [2.05, 4.69) is 20.1 Å². The second-order valence-electron chi connectivity index (χ2n) is 9.19. The number of aliphatic hydroxyl groups is 1. The van der Waals surface area contributed by atoms with Gasteiger partial charge in [0.25, 0.3) is 0 Å². The molecule has 2 amide bonds. The predicted molar refractivity (Wildman–Crippen MR) is 123 cm³/mol. The lowest BCUT2D eigenvalue weighted by atomic mass is 9.70. The highest BCUT2D eigenvalue weighted by Gasteiger charge is 2.74. The number of nitrogens with zero attached hydrogens (tertiary/aromatic N) is 2. The number of carbonyl (C=O) groups is 3. The van der Waals surface area contributed by atoms with Gasteiger partial charge in [0.1, 0.15) is 11.6 Å². The number of likely N-dealkylation sites (tertiary alicyclic amines) is 1.